The van der Waals surface area contributed by atoms with Gasteiger partial charge in [0.2, 0.25) is 0 Å². The van der Waals surface area contributed by atoms with Gasteiger partial charge < -0.3 is 0 Å². The lowest BCUT2D eigenvalue weighted by Gasteiger charge is -2.18. The quantitative estimate of drug-likeness (QED) is 0.315. The van der Waals surface area contributed by atoms with E-state index in [-0.39, 0.29) is 33.1 Å². The van der Waals surface area contributed by atoms with Crippen LogP contribution < -0.4 is 4.90 Å². The van der Waals surface area contributed by atoms with Crippen LogP contribution >= 0.6 is 15.9 Å². The smallest absolute Gasteiger partial charge is 0.268 e. The molecule has 0 saturated carbocycles. The molecule has 1 aromatic heterocycles. The van der Waals surface area contributed by atoms with Crippen LogP contribution in [0.4, 0.5) is 32.0 Å². The highest BCUT2D eigenvalue weighted by atomic mass is 79.9. The number of hydrogen-bond donors (Lipinski definition) is 0. The van der Waals surface area contributed by atoms with Crippen LogP contribution in [0.2, 0.25) is 0 Å². The Hall–Kier alpha value is -3.15. The minimum atomic E-state index is -5.04. The molecule has 2 aromatic carbocycles. The fourth-order valence-electron chi connectivity index (χ4n) is 3.61. The number of carbonyl (C=O) groups is 2. The monoisotopic (exact) mass is 531 g/mol. The van der Waals surface area contributed by atoms with Gasteiger partial charge in [-0.3, -0.25) is 14.3 Å². The van der Waals surface area contributed by atoms with Crippen molar-refractivity contribution in [2.24, 2.45) is 0 Å². The second-order valence-electron chi connectivity index (χ2n) is 7.30. The number of fused-ring (bicyclic) bond motifs is 1. The number of nitrogens with zero attached hydrogens (tertiary/aromatic N) is 3. The largest absolute Gasteiger partial charge is 0.435 e. The van der Waals surface area contributed by atoms with E-state index in [4.69, 9.17) is 0 Å². The highest BCUT2D eigenvalue weighted by Crippen LogP contribution is 2.37. The highest BCUT2D eigenvalue weighted by molar-refractivity contribution is 9.10. The zero-order chi connectivity index (χ0) is 24.3. The molecular weight excluding hydrogens is 520 g/mol. The van der Waals surface area contributed by atoms with Gasteiger partial charge in [0, 0.05) is 10.5 Å². The maximum atomic E-state index is 13.2. The van der Waals surface area contributed by atoms with E-state index in [9.17, 15) is 35.9 Å². The van der Waals surface area contributed by atoms with Gasteiger partial charge in [-0.05, 0) is 52.2 Å². The second-order valence-corrected chi connectivity index (χ2v) is 8.15. The molecule has 0 saturated heterocycles. The van der Waals surface area contributed by atoms with Crippen LogP contribution in [0.3, 0.4) is 0 Å². The first-order valence-corrected chi connectivity index (χ1v) is 10.1. The lowest BCUT2D eigenvalue weighted by atomic mass is 10.1. The summed E-state index contributed by atoms with van der Waals surface area (Å²) in [6.07, 6.45) is -10.1. The van der Waals surface area contributed by atoms with E-state index in [0.717, 1.165) is 4.90 Å². The van der Waals surface area contributed by atoms with Gasteiger partial charge in [0.1, 0.15) is 5.69 Å². The molecule has 0 radical (unpaired) electrons. The SMILES string of the molecule is Cc1cc(Cn2nc(C(F)(F)F)cc2C(F)(F)F)ccc1N1C(=O)c2cccc(Br)c2C1=O. The predicted molar refractivity (Wildman–Crippen MR) is 108 cm³/mol. The number of benzene rings is 2. The van der Waals surface area contributed by atoms with E-state index in [2.05, 4.69) is 21.0 Å². The molecule has 0 fully saturated rings. The Labute approximate surface area is 190 Å². The molecule has 0 aliphatic carbocycles. The maximum absolute atomic E-state index is 13.2. The van der Waals surface area contributed by atoms with E-state index >= 15 is 0 Å². The number of amides is 2. The average molecular weight is 532 g/mol. The van der Waals surface area contributed by atoms with E-state index in [1.165, 1.54) is 31.2 Å². The highest BCUT2D eigenvalue weighted by Gasteiger charge is 2.42. The van der Waals surface area contributed by atoms with Crippen LogP contribution in [0.25, 0.3) is 0 Å². The van der Waals surface area contributed by atoms with E-state index in [1.54, 1.807) is 12.1 Å². The van der Waals surface area contributed by atoms with Crippen molar-refractivity contribution in [3.05, 3.63) is 80.6 Å². The summed E-state index contributed by atoms with van der Waals surface area (Å²) in [6, 6.07) is 8.75. The summed E-state index contributed by atoms with van der Waals surface area (Å²) in [6.45, 7) is 0.937. The molecule has 33 heavy (non-hydrogen) atoms. The summed E-state index contributed by atoms with van der Waals surface area (Å²) < 4.78 is 79.1. The Morgan fingerprint density at radius 1 is 0.939 bits per heavy atom. The topological polar surface area (TPSA) is 55.2 Å². The first-order valence-electron chi connectivity index (χ1n) is 9.28. The molecule has 1 aliphatic heterocycles. The third kappa shape index (κ3) is 4.03. The summed E-state index contributed by atoms with van der Waals surface area (Å²) >= 11 is 3.24. The van der Waals surface area contributed by atoms with Gasteiger partial charge in [0.05, 0.1) is 23.4 Å². The van der Waals surface area contributed by atoms with Crippen molar-refractivity contribution in [3.63, 3.8) is 0 Å². The van der Waals surface area contributed by atoms with Crippen molar-refractivity contribution < 1.29 is 35.9 Å². The minimum absolute atomic E-state index is 0.0438. The van der Waals surface area contributed by atoms with E-state index in [0.29, 0.717) is 10.0 Å². The standard InChI is InChI=1S/C21H12BrF6N3O2/c1-10-7-11(9-30-16(21(26,27)28)8-15(29-30)20(23,24)25)5-6-14(10)31-18(32)12-3-2-4-13(22)17(12)19(31)33/h2-8H,9H2,1H3. The number of carbonyl (C=O) groups excluding carboxylic acids is 2. The first-order chi connectivity index (χ1) is 15.3. The molecular formula is C21H12BrF6N3O2. The molecule has 0 atom stereocenters. The number of halogens is 7. The van der Waals surface area contributed by atoms with Crippen molar-refractivity contribution in [1.29, 1.82) is 0 Å². The number of aromatic nitrogens is 2. The van der Waals surface area contributed by atoms with E-state index < -0.39 is 42.1 Å². The Morgan fingerprint density at radius 3 is 2.21 bits per heavy atom. The third-order valence-electron chi connectivity index (χ3n) is 5.06. The van der Waals surface area contributed by atoms with Crippen LogP contribution in [-0.2, 0) is 18.9 Å². The minimum Gasteiger partial charge on any atom is -0.268 e. The van der Waals surface area contributed by atoms with Gasteiger partial charge in [-0.1, -0.05) is 18.2 Å². The fraction of sp³-hybridized carbons (Fsp3) is 0.190. The van der Waals surface area contributed by atoms with Gasteiger partial charge in [-0.2, -0.15) is 31.4 Å². The van der Waals surface area contributed by atoms with Crippen molar-refractivity contribution in [1.82, 2.24) is 9.78 Å². The summed E-state index contributed by atoms with van der Waals surface area (Å²) in [5, 5.41) is 3.08. The summed E-state index contributed by atoms with van der Waals surface area (Å²) in [5.74, 6) is -1.13. The molecule has 0 bridgehead atoms. The Morgan fingerprint density at radius 2 is 1.64 bits per heavy atom. The molecule has 12 heteroatoms. The molecule has 4 rings (SSSR count). The number of imide groups is 1. The Kier molecular flexibility index (Phi) is 5.38. The number of hydrogen-bond acceptors (Lipinski definition) is 3. The summed E-state index contributed by atoms with van der Waals surface area (Å²) in [5.41, 5.74) is -2.02. The first kappa shape index (κ1) is 23.0. The molecule has 0 N–H and O–H groups in total. The molecule has 0 unspecified atom stereocenters. The van der Waals surface area contributed by atoms with Gasteiger partial charge >= 0.3 is 12.4 Å². The lowest BCUT2D eigenvalue weighted by Crippen LogP contribution is -2.30. The second kappa shape index (κ2) is 7.72. The summed E-state index contributed by atoms with van der Waals surface area (Å²) in [7, 11) is 0. The molecule has 3 aromatic rings. The molecule has 172 valence electrons. The third-order valence-corrected chi connectivity index (χ3v) is 5.72. The molecule has 2 amide bonds. The average Bonchev–Trinajstić information content (AvgIpc) is 3.23. The molecule has 2 heterocycles. The van der Waals surface area contributed by atoms with Gasteiger partial charge in [0.15, 0.2) is 5.69 Å². The van der Waals surface area contributed by atoms with E-state index in [1.807, 2.05) is 0 Å². The van der Waals surface area contributed by atoms with Crippen molar-refractivity contribution >= 4 is 33.4 Å². The van der Waals surface area contributed by atoms with Crippen LogP contribution in [0.1, 0.15) is 43.2 Å². The predicted octanol–water partition coefficient (Wildman–Crippen LogP) is 5.84. The zero-order valence-corrected chi connectivity index (χ0v) is 18.1. The fourth-order valence-corrected chi connectivity index (χ4v) is 4.14. The number of rotatable bonds is 3. The zero-order valence-electron chi connectivity index (χ0n) is 16.6. The summed E-state index contributed by atoms with van der Waals surface area (Å²) in [4.78, 5) is 26.6. The van der Waals surface area contributed by atoms with Crippen LogP contribution in [0.5, 0.6) is 0 Å². The van der Waals surface area contributed by atoms with Gasteiger partial charge in [0.25, 0.3) is 11.8 Å². The molecule has 0 spiro atoms. The van der Waals surface area contributed by atoms with Crippen LogP contribution in [0, 0.1) is 6.92 Å². The number of alkyl halides is 6. The van der Waals surface area contributed by atoms with Crippen LogP contribution in [0.15, 0.2) is 46.9 Å². The Balaban J connectivity index is 1.68. The van der Waals surface area contributed by atoms with Crippen molar-refractivity contribution in [3.8, 4) is 0 Å². The Bertz CT molecular complexity index is 1300. The van der Waals surface area contributed by atoms with Crippen molar-refractivity contribution in [2.45, 2.75) is 25.8 Å². The van der Waals surface area contributed by atoms with Crippen molar-refractivity contribution in [2.75, 3.05) is 4.90 Å². The number of anilines is 1. The maximum Gasteiger partial charge on any atom is 0.435 e. The lowest BCUT2D eigenvalue weighted by molar-refractivity contribution is -0.144. The normalized spacial score (nSPS) is 14.2. The molecule has 1 aliphatic rings. The van der Waals surface area contributed by atoms with Crippen LogP contribution in [-0.4, -0.2) is 21.6 Å². The van der Waals surface area contributed by atoms with Gasteiger partial charge in [-0.15, -0.1) is 0 Å². The molecule has 5 nitrogen and oxygen atoms in total. The van der Waals surface area contributed by atoms with Gasteiger partial charge in [-0.25, -0.2) is 4.90 Å². The number of aryl methyl sites for hydroxylation is 1.